The van der Waals surface area contributed by atoms with E-state index in [4.69, 9.17) is 0 Å². The molecule has 0 unspecified atom stereocenters. The number of amides is 1. The van der Waals surface area contributed by atoms with Crippen molar-refractivity contribution in [2.45, 2.75) is 64.0 Å². The summed E-state index contributed by atoms with van der Waals surface area (Å²) in [5.41, 5.74) is 2.70. The van der Waals surface area contributed by atoms with Crippen molar-refractivity contribution in [2.24, 2.45) is 17.8 Å². The number of benzene rings is 1. The normalized spacial score (nSPS) is 31.9. The topological polar surface area (TPSA) is 35.6 Å². The maximum Gasteiger partial charge on any atom is 0.226 e. The standard InChI is InChI=1S/C25H37N3O/c1-18-7-5-6-10-22(18)24-23-16-26-15-20(23)17-28(24)25(29)19-11-13-27(14-12-19)21-8-3-2-4-9-21/h5-7,10,19-21,23-24,26H,2-4,8-9,11-17H2,1H3/t20-,23-,24+/m0/s1. The Morgan fingerprint density at radius 1 is 1.00 bits per heavy atom. The largest absolute Gasteiger partial charge is 0.335 e. The van der Waals surface area contributed by atoms with Gasteiger partial charge >= 0.3 is 0 Å². The van der Waals surface area contributed by atoms with E-state index in [1.807, 2.05) is 0 Å². The Labute approximate surface area is 176 Å². The molecule has 1 aromatic carbocycles. The zero-order valence-electron chi connectivity index (χ0n) is 18.0. The second-order valence-corrected chi connectivity index (χ2v) is 9.98. The van der Waals surface area contributed by atoms with Crippen LogP contribution in [-0.4, -0.2) is 54.5 Å². The van der Waals surface area contributed by atoms with Gasteiger partial charge in [0.15, 0.2) is 0 Å². The van der Waals surface area contributed by atoms with E-state index in [1.54, 1.807) is 0 Å². The monoisotopic (exact) mass is 395 g/mol. The van der Waals surface area contributed by atoms with E-state index in [0.717, 1.165) is 51.6 Å². The number of hydrogen-bond acceptors (Lipinski definition) is 3. The first-order chi connectivity index (χ1) is 14.2. The molecular formula is C25H37N3O. The van der Waals surface area contributed by atoms with Gasteiger partial charge in [0.25, 0.3) is 0 Å². The summed E-state index contributed by atoms with van der Waals surface area (Å²) in [7, 11) is 0. The van der Waals surface area contributed by atoms with Crippen LogP contribution in [0, 0.1) is 24.7 Å². The molecule has 0 bridgehead atoms. The van der Waals surface area contributed by atoms with Gasteiger partial charge in [0.2, 0.25) is 5.91 Å². The van der Waals surface area contributed by atoms with Crippen molar-refractivity contribution in [1.29, 1.82) is 0 Å². The molecule has 3 saturated heterocycles. The molecule has 1 aromatic rings. The second kappa shape index (κ2) is 8.39. The lowest BCUT2D eigenvalue weighted by molar-refractivity contribution is -0.138. The number of piperidine rings is 1. The van der Waals surface area contributed by atoms with E-state index >= 15 is 0 Å². The van der Waals surface area contributed by atoms with Gasteiger partial charge in [-0.25, -0.2) is 0 Å². The number of nitrogens with zero attached hydrogens (tertiary/aromatic N) is 2. The lowest BCUT2D eigenvalue weighted by atomic mass is 9.86. The summed E-state index contributed by atoms with van der Waals surface area (Å²) < 4.78 is 0. The van der Waals surface area contributed by atoms with Crippen LogP contribution < -0.4 is 5.32 Å². The van der Waals surface area contributed by atoms with E-state index in [1.165, 1.54) is 43.2 Å². The highest BCUT2D eigenvalue weighted by Crippen LogP contribution is 2.44. The number of fused-ring (bicyclic) bond motifs is 1. The minimum atomic E-state index is 0.230. The quantitative estimate of drug-likeness (QED) is 0.846. The first-order valence-corrected chi connectivity index (χ1v) is 12.0. The van der Waals surface area contributed by atoms with E-state index in [0.29, 0.717) is 17.7 Å². The van der Waals surface area contributed by atoms with Crippen LogP contribution in [0.1, 0.15) is 62.1 Å². The highest BCUT2D eigenvalue weighted by Gasteiger charge is 2.48. The molecule has 4 fully saturated rings. The van der Waals surface area contributed by atoms with E-state index < -0.39 is 0 Å². The molecule has 1 saturated carbocycles. The fraction of sp³-hybridized carbons (Fsp3) is 0.720. The molecule has 3 aliphatic heterocycles. The lowest BCUT2D eigenvalue weighted by Gasteiger charge is -2.40. The Morgan fingerprint density at radius 2 is 1.76 bits per heavy atom. The van der Waals surface area contributed by atoms with Crippen LogP contribution >= 0.6 is 0 Å². The zero-order valence-corrected chi connectivity index (χ0v) is 18.0. The van der Waals surface area contributed by atoms with Gasteiger partial charge in [-0.15, -0.1) is 0 Å². The molecule has 3 atom stereocenters. The van der Waals surface area contributed by atoms with Crippen LogP contribution in [-0.2, 0) is 4.79 Å². The maximum atomic E-state index is 13.7. The van der Waals surface area contributed by atoms with Gasteiger partial charge < -0.3 is 15.1 Å². The molecule has 0 spiro atoms. The molecule has 1 aliphatic carbocycles. The molecule has 1 N–H and O–H groups in total. The van der Waals surface area contributed by atoms with Gasteiger partial charge in [0, 0.05) is 37.5 Å². The Hall–Kier alpha value is -1.39. The predicted octanol–water partition coefficient (Wildman–Crippen LogP) is 3.76. The van der Waals surface area contributed by atoms with Crippen molar-refractivity contribution >= 4 is 5.91 Å². The highest BCUT2D eigenvalue weighted by atomic mass is 16.2. The van der Waals surface area contributed by atoms with Crippen molar-refractivity contribution < 1.29 is 4.79 Å². The average molecular weight is 396 g/mol. The molecule has 0 aromatic heterocycles. The Bertz CT molecular complexity index is 721. The van der Waals surface area contributed by atoms with E-state index in [-0.39, 0.29) is 12.0 Å². The SMILES string of the molecule is Cc1ccccc1[C@@H]1[C@H]2CNC[C@H]2CN1C(=O)C1CCN(C2CCCCC2)CC1. The van der Waals surface area contributed by atoms with Gasteiger partial charge in [0.1, 0.15) is 0 Å². The van der Waals surface area contributed by atoms with Crippen molar-refractivity contribution in [2.75, 3.05) is 32.7 Å². The first-order valence-electron chi connectivity index (χ1n) is 12.0. The number of aryl methyl sites for hydroxylation is 1. The Kier molecular flexibility index (Phi) is 5.66. The fourth-order valence-electron chi connectivity index (χ4n) is 6.66. The average Bonchev–Trinajstić information content (AvgIpc) is 3.36. The van der Waals surface area contributed by atoms with E-state index in [9.17, 15) is 4.79 Å². The Balaban J connectivity index is 1.29. The van der Waals surface area contributed by atoms with Crippen LogP contribution in [0.15, 0.2) is 24.3 Å². The molecule has 3 heterocycles. The third kappa shape index (κ3) is 3.74. The van der Waals surface area contributed by atoms with Crippen LogP contribution in [0.2, 0.25) is 0 Å². The summed E-state index contributed by atoms with van der Waals surface area (Å²) >= 11 is 0. The van der Waals surface area contributed by atoms with Crippen molar-refractivity contribution in [3.63, 3.8) is 0 Å². The molecule has 29 heavy (non-hydrogen) atoms. The van der Waals surface area contributed by atoms with Gasteiger partial charge in [-0.1, -0.05) is 43.5 Å². The third-order valence-electron chi connectivity index (χ3n) is 8.32. The predicted molar refractivity (Wildman–Crippen MR) is 117 cm³/mol. The summed E-state index contributed by atoms with van der Waals surface area (Å²) in [6.45, 7) is 7.51. The molecule has 5 rings (SSSR count). The minimum absolute atomic E-state index is 0.230. The van der Waals surface area contributed by atoms with Crippen LogP contribution in [0.4, 0.5) is 0 Å². The fourth-order valence-corrected chi connectivity index (χ4v) is 6.66. The number of hydrogen-bond donors (Lipinski definition) is 1. The summed E-state index contributed by atoms with van der Waals surface area (Å²) in [5.74, 6) is 1.86. The molecule has 1 amide bonds. The van der Waals surface area contributed by atoms with E-state index in [2.05, 4.69) is 46.3 Å². The maximum absolute atomic E-state index is 13.7. The smallest absolute Gasteiger partial charge is 0.226 e. The van der Waals surface area contributed by atoms with Crippen LogP contribution in [0.3, 0.4) is 0 Å². The Morgan fingerprint density at radius 3 is 2.52 bits per heavy atom. The summed E-state index contributed by atoms with van der Waals surface area (Å²) in [4.78, 5) is 18.7. The van der Waals surface area contributed by atoms with Gasteiger partial charge in [-0.2, -0.15) is 0 Å². The zero-order chi connectivity index (χ0) is 19.8. The molecule has 158 valence electrons. The van der Waals surface area contributed by atoms with Crippen molar-refractivity contribution in [1.82, 2.24) is 15.1 Å². The molecular weight excluding hydrogens is 358 g/mol. The van der Waals surface area contributed by atoms with Crippen molar-refractivity contribution in [3.8, 4) is 0 Å². The number of nitrogens with one attached hydrogen (secondary N) is 1. The molecule has 0 radical (unpaired) electrons. The molecule has 4 nitrogen and oxygen atoms in total. The lowest BCUT2D eigenvalue weighted by Crippen LogP contribution is -2.46. The van der Waals surface area contributed by atoms with Crippen molar-refractivity contribution in [3.05, 3.63) is 35.4 Å². The number of carbonyl (C=O) groups is 1. The minimum Gasteiger partial charge on any atom is -0.335 e. The molecule has 4 heteroatoms. The number of carbonyl (C=O) groups excluding carboxylic acids is 1. The number of rotatable bonds is 3. The van der Waals surface area contributed by atoms with Crippen LogP contribution in [0.5, 0.6) is 0 Å². The summed E-state index contributed by atoms with van der Waals surface area (Å²) in [6, 6.07) is 9.77. The molecule has 4 aliphatic rings. The number of likely N-dealkylation sites (tertiary alicyclic amines) is 2. The van der Waals surface area contributed by atoms with Gasteiger partial charge in [-0.3, -0.25) is 4.79 Å². The summed E-state index contributed by atoms with van der Waals surface area (Å²) in [6.07, 6.45) is 9.06. The summed E-state index contributed by atoms with van der Waals surface area (Å²) in [5, 5.41) is 3.58. The van der Waals surface area contributed by atoms with Gasteiger partial charge in [0.05, 0.1) is 6.04 Å². The van der Waals surface area contributed by atoms with Gasteiger partial charge in [-0.05, 0) is 62.7 Å². The van der Waals surface area contributed by atoms with Crippen LogP contribution in [0.25, 0.3) is 0 Å². The third-order valence-corrected chi connectivity index (χ3v) is 8.32. The second-order valence-electron chi connectivity index (χ2n) is 9.98. The highest BCUT2D eigenvalue weighted by molar-refractivity contribution is 5.80. The first kappa shape index (κ1) is 19.6.